The molecule has 1 aliphatic heterocycles. The van der Waals surface area contributed by atoms with Crippen LogP contribution in [0.25, 0.3) is 0 Å². The number of amides is 1. The number of carbonyl (C=O) groups is 2. The fourth-order valence-corrected chi connectivity index (χ4v) is 3.33. The second-order valence-electron chi connectivity index (χ2n) is 5.58. The number of likely N-dealkylation sites (tertiary alicyclic amines) is 1. The molecule has 0 aliphatic carbocycles. The Morgan fingerprint density at radius 1 is 1.30 bits per heavy atom. The molecule has 1 fully saturated rings. The molecule has 0 aromatic heterocycles. The number of likely N-dealkylation sites (N-methyl/N-ethyl adjacent to an activating group) is 1. The van der Waals surface area contributed by atoms with Crippen LogP contribution < -0.4 is 0 Å². The van der Waals surface area contributed by atoms with Gasteiger partial charge in [0.05, 0.1) is 22.2 Å². The minimum Gasteiger partial charge on any atom is -0.480 e. The van der Waals surface area contributed by atoms with Crippen LogP contribution in [0, 0.1) is 0 Å². The standard InChI is InChI=1S/C16H20Cl2N2O3/c1-2-19(10-14(21)22)11-6-8-20(9-7-11)16(23)12-4-3-5-13(17)15(12)18/h3-5,11H,2,6-10H2,1H3,(H,21,22). The lowest BCUT2D eigenvalue weighted by Crippen LogP contribution is -2.48. The van der Waals surface area contributed by atoms with E-state index < -0.39 is 5.97 Å². The van der Waals surface area contributed by atoms with E-state index >= 15 is 0 Å². The highest BCUT2D eigenvalue weighted by molar-refractivity contribution is 6.43. The Kier molecular flexibility index (Phi) is 6.27. The van der Waals surface area contributed by atoms with E-state index in [9.17, 15) is 9.59 Å². The van der Waals surface area contributed by atoms with Crippen LogP contribution in [-0.4, -0.2) is 59.0 Å². The summed E-state index contributed by atoms with van der Waals surface area (Å²) in [5, 5.41) is 9.60. The predicted molar refractivity (Wildman–Crippen MR) is 90.3 cm³/mol. The van der Waals surface area contributed by atoms with Crippen molar-refractivity contribution >= 4 is 35.1 Å². The molecular weight excluding hydrogens is 339 g/mol. The van der Waals surface area contributed by atoms with E-state index in [4.69, 9.17) is 28.3 Å². The van der Waals surface area contributed by atoms with Gasteiger partial charge in [0, 0.05) is 19.1 Å². The number of halogens is 2. The molecule has 5 nitrogen and oxygen atoms in total. The van der Waals surface area contributed by atoms with E-state index in [1.54, 1.807) is 23.1 Å². The van der Waals surface area contributed by atoms with Gasteiger partial charge in [0.1, 0.15) is 0 Å². The molecule has 0 unspecified atom stereocenters. The van der Waals surface area contributed by atoms with E-state index in [1.807, 2.05) is 11.8 Å². The summed E-state index contributed by atoms with van der Waals surface area (Å²) in [7, 11) is 0. The Labute approximate surface area is 145 Å². The van der Waals surface area contributed by atoms with E-state index in [0.717, 1.165) is 12.8 Å². The Bertz CT molecular complexity index is 587. The zero-order chi connectivity index (χ0) is 17.0. The fourth-order valence-electron chi connectivity index (χ4n) is 2.95. The van der Waals surface area contributed by atoms with Crippen LogP contribution in [-0.2, 0) is 4.79 Å². The number of benzene rings is 1. The van der Waals surface area contributed by atoms with Gasteiger partial charge in [-0.1, -0.05) is 36.2 Å². The van der Waals surface area contributed by atoms with Crippen molar-refractivity contribution in [3.63, 3.8) is 0 Å². The first-order chi connectivity index (χ1) is 10.9. The molecule has 1 aromatic rings. The third kappa shape index (κ3) is 4.37. The lowest BCUT2D eigenvalue weighted by molar-refractivity contribution is -0.139. The summed E-state index contributed by atoms with van der Waals surface area (Å²) in [5.74, 6) is -0.951. The van der Waals surface area contributed by atoms with Crippen LogP contribution in [0.15, 0.2) is 18.2 Å². The van der Waals surface area contributed by atoms with Crippen molar-refractivity contribution in [1.29, 1.82) is 0 Å². The number of hydrogen-bond donors (Lipinski definition) is 1. The van der Waals surface area contributed by atoms with Crippen LogP contribution in [0.2, 0.25) is 10.0 Å². The summed E-state index contributed by atoms with van der Waals surface area (Å²) in [6.45, 7) is 3.84. The van der Waals surface area contributed by atoms with Gasteiger partial charge < -0.3 is 10.0 Å². The summed E-state index contributed by atoms with van der Waals surface area (Å²) in [6, 6.07) is 5.22. The molecule has 1 aromatic carbocycles. The molecule has 0 spiro atoms. The predicted octanol–water partition coefficient (Wildman–Crippen LogP) is 3.00. The van der Waals surface area contributed by atoms with Crippen molar-refractivity contribution < 1.29 is 14.7 Å². The third-order valence-corrected chi connectivity index (χ3v) is 5.01. The smallest absolute Gasteiger partial charge is 0.317 e. The van der Waals surface area contributed by atoms with Gasteiger partial charge in [-0.2, -0.15) is 0 Å². The second kappa shape index (κ2) is 7.99. The van der Waals surface area contributed by atoms with Crippen molar-refractivity contribution in [3.8, 4) is 0 Å². The number of carboxylic acid groups (broad SMARTS) is 1. The van der Waals surface area contributed by atoms with Gasteiger partial charge in [0.2, 0.25) is 0 Å². The van der Waals surface area contributed by atoms with Crippen molar-refractivity contribution in [2.75, 3.05) is 26.2 Å². The second-order valence-corrected chi connectivity index (χ2v) is 6.37. The lowest BCUT2D eigenvalue weighted by atomic mass is 10.0. The number of carboxylic acids is 1. The Hall–Kier alpha value is -1.30. The molecule has 0 bridgehead atoms. The Morgan fingerprint density at radius 2 is 1.96 bits per heavy atom. The summed E-state index contributed by atoms with van der Waals surface area (Å²) >= 11 is 12.1. The molecule has 0 atom stereocenters. The topological polar surface area (TPSA) is 60.9 Å². The summed E-state index contributed by atoms with van der Waals surface area (Å²) < 4.78 is 0. The molecule has 1 amide bonds. The lowest BCUT2D eigenvalue weighted by Gasteiger charge is -2.37. The molecule has 7 heteroatoms. The van der Waals surface area contributed by atoms with Gasteiger partial charge in [-0.3, -0.25) is 14.5 Å². The minimum atomic E-state index is -0.823. The van der Waals surface area contributed by atoms with Crippen LogP contribution in [0.4, 0.5) is 0 Å². The molecule has 126 valence electrons. The van der Waals surface area contributed by atoms with Crippen LogP contribution in [0.3, 0.4) is 0 Å². The molecule has 1 N–H and O–H groups in total. The number of piperidine rings is 1. The third-order valence-electron chi connectivity index (χ3n) is 4.19. The maximum absolute atomic E-state index is 12.6. The van der Waals surface area contributed by atoms with Crippen molar-refractivity contribution in [1.82, 2.24) is 9.80 Å². The fraction of sp³-hybridized carbons (Fsp3) is 0.500. The maximum Gasteiger partial charge on any atom is 0.317 e. The highest BCUT2D eigenvalue weighted by Gasteiger charge is 2.28. The first-order valence-corrected chi connectivity index (χ1v) is 8.38. The average molecular weight is 359 g/mol. The van der Waals surface area contributed by atoms with Gasteiger partial charge in [0.15, 0.2) is 0 Å². The summed E-state index contributed by atoms with van der Waals surface area (Å²) in [5.41, 5.74) is 0.413. The van der Waals surface area contributed by atoms with Gasteiger partial charge >= 0.3 is 5.97 Å². The van der Waals surface area contributed by atoms with Crippen LogP contribution in [0.5, 0.6) is 0 Å². The van der Waals surface area contributed by atoms with E-state index in [-0.39, 0.29) is 23.5 Å². The molecule has 2 rings (SSSR count). The molecule has 0 radical (unpaired) electrons. The molecule has 1 heterocycles. The van der Waals surface area contributed by atoms with Crippen LogP contribution in [0.1, 0.15) is 30.1 Å². The van der Waals surface area contributed by atoms with Gasteiger partial charge in [0.25, 0.3) is 5.91 Å². The van der Waals surface area contributed by atoms with Crippen molar-refractivity contribution in [3.05, 3.63) is 33.8 Å². The largest absolute Gasteiger partial charge is 0.480 e. The van der Waals surface area contributed by atoms with E-state index in [1.165, 1.54) is 0 Å². The van der Waals surface area contributed by atoms with E-state index in [2.05, 4.69) is 0 Å². The molecule has 1 saturated heterocycles. The first-order valence-electron chi connectivity index (χ1n) is 7.63. The van der Waals surface area contributed by atoms with Gasteiger partial charge in [-0.05, 0) is 31.5 Å². The summed E-state index contributed by atoms with van der Waals surface area (Å²) in [4.78, 5) is 27.2. The zero-order valence-electron chi connectivity index (χ0n) is 13.0. The average Bonchev–Trinajstić information content (AvgIpc) is 2.54. The highest BCUT2D eigenvalue weighted by atomic mass is 35.5. The number of nitrogens with zero attached hydrogens (tertiary/aromatic N) is 2. The zero-order valence-corrected chi connectivity index (χ0v) is 14.5. The molecular formula is C16H20Cl2N2O3. The van der Waals surface area contributed by atoms with Gasteiger partial charge in [-0.25, -0.2) is 0 Å². The molecule has 0 saturated carbocycles. The monoisotopic (exact) mass is 358 g/mol. The first kappa shape index (κ1) is 18.0. The molecule has 1 aliphatic rings. The highest BCUT2D eigenvalue weighted by Crippen LogP contribution is 2.27. The van der Waals surface area contributed by atoms with Crippen LogP contribution >= 0.6 is 23.2 Å². The van der Waals surface area contributed by atoms with E-state index in [0.29, 0.717) is 30.2 Å². The SMILES string of the molecule is CCN(CC(=O)O)C1CCN(C(=O)c2cccc(Cl)c2Cl)CC1. The quantitative estimate of drug-likeness (QED) is 0.878. The maximum atomic E-state index is 12.6. The number of aliphatic carboxylic acids is 1. The Morgan fingerprint density at radius 3 is 2.52 bits per heavy atom. The normalized spacial score (nSPS) is 15.9. The number of carbonyl (C=O) groups excluding carboxylic acids is 1. The Balaban J connectivity index is 2.00. The number of hydrogen-bond acceptors (Lipinski definition) is 3. The molecule has 23 heavy (non-hydrogen) atoms. The van der Waals surface area contributed by atoms with Crippen molar-refractivity contribution in [2.45, 2.75) is 25.8 Å². The summed E-state index contributed by atoms with van der Waals surface area (Å²) in [6.07, 6.45) is 1.51. The number of rotatable bonds is 5. The minimum absolute atomic E-state index is 0.0369. The van der Waals surface area contributed by atoms with Gasteiger partial charge in [-0.15, -0.1) is 0 Å². The van der Waals surface area contributed by atoms with Crippen molar-refractivity contribution in [2.24, 2.45) is 0 Å².